The Balaban J connectivity index is 2.06. The molecule has 0 aliphatic carbocycles. The first-order valence-electron chi connectivity index (χ1n) is 5.02. The first kappa shape index (κ1) is 8.52. The SMILES string of the molecule is CCC(C)(C)N1CC2CC1CO2. The predicted molar refractivity (Wildman–Crippen MR) is 49.2 cm³/mol. The van der Waals surface area contributed by atoms with Crippen molar-refractivity contribution < 1.29 is 4.74 Å². The molecule has 12 heavy (non-hydrogen) atoms. The van der Waals surface area contributed by atoms with Crippen LogP contribution in [0.25, 0.3) is 0 Å². The van der Waals surface area contributed by atoms with Gasteiger partial charge in [-0.1, -0.05) is 6.92 Å². The Kier molecular flexibility index (Phi) is 1.92. The molecule has 0 N–H and O–H groups in total. The molecule has 2 saturated heterocycles. The van der Waals surface area contributed by atoms with E-state index in [-0.39, 0.29) is 0 Å². The van der Waals surface area contributed by atoms with Crippen molar-refractivity contribution in [1.29, 1.82) is 0 Å². The number of ether oxygens (including phenoxy) is 1. The molecule has 70 valence electrons. The van der Waals surface area contributed by atoms with Crippen LogP contribution in [-0.2, 0) is 4.74 Å². The number of likely N-dealkylation sites (tertiary alicyclic amines) is 1. The second kappa shape index (κ2) is 2.71. The van der Waals surface area contributed by atoms with Gasteiger partial charge in [-0.2, -0.15) is 0 Å². The quantitative estimate of drug-likeness (QED) is 0.623. The molecule has 0 amide bonds. The third-order valence-corrected chi connectivity index (χ3v) is 3.54. The monoisotopic (exact) mass is 169 g/mol. The van der Waals surface area contributed by atoms with Crippen molar-refractivity contribution in [3.63, 3.8) is 0 Å². The Labute approximate surface area is 74.9 Å². The van der Waals surface area contributed by atoms with Crippen LogP contribution in [0.5, 0.6) is 0 Å². The summed E-state index contributed by atoms with van der Waals surface area (Å²) >= 11 is 0. The normalized spacial score (nSPS) is 36.2. The highest BCUT2D eigenvalue weighted by Gasteiger charge is 2.44. The molecular formula is C10H19NO. The summed E-state index contributed by atoms with van der Waals surface area (Å²) in [6.45, 7) is 9.08. The van der Waals surface area contributed by atoms with E-state index < -0.39 is 0 Å². The topological polar surface area (TPSA) is 12.5 Å². The first-order valence-corrected chi connectivity index (χ1v) is 5.02. The highest BCUT2D eigenvalue weighted by Crippen LogP contribution is 2.34. The van der Waals surface area contributed by atoms with Crippen LogP contribution in [0, 0.1) is 0 Å². The number of hydrogen-bond acceptors (Lipinski definition) is 2. The molecule has 0 saturated carbocycles. The highest BCUT2D eigenvalue weighted by molar-refractivity contribution is 4.97. The van der Waals surface area contributed by atoms with Crippen molar-refractivity contribution >= 4 is 0 Å². The van der Waals surface area contributed by atoms with Gasteiger partial charge < -0.3 is 4.74 Å². The number of morpholine rings is 1. The molecule has 2 heterocycles. The van der Waals surface area contributed by atoms with E-state index in [1.165, 1.54) is 12.8 Å². The lowest BCUT2D eigenvalue weighted by Crippen LogP contribution is -2.50. The van der Waals surface area contributed by atoms with Crippen LogP contribution in [0.4, 0.5) is 0 Å². The van der Waals surface area contributed by atoms with E-state index in [9.17, 15) is 0 Å². The molecule has 0 spiro atoms. The molecule has 0 aromatic rings. The summed E-state index contributed by atoms with van der Waals surface area (Å²) in [5.41, 5.74) is 0.378. The smallest absolute Gasteiger partial charge is 0.0718 e. The molecule has 2 heteroatoms. The van der Waals surface area contributed by atoms with E-state index in [2.05, 4.69) is 25.7 Å². The highest BCUT2D eigenvalue weighted by atomic mass is 16.5. The first-order chi connectivity index (χ1) is 5.63. The maximum Gasteiger partial charge on any atom is 0.0718 e. The minimum Gasteiger partial charge on any atom is -0.375 e. The van der Waals surface area contributed by atoms with E-state index >= 15 is 0 Å². The van der Waals surface area contributed by atoms with Crippen LogP contribution in [0.1, 0.15) is 33.6 Å². The van der Waals surface area contributed by atoms with Crippen molar-refractivity contribution in [2.75, 3.05) is 13.2 Å². The van der Waals surface area contributed by atoms with E-state index in [1.807, 2.05) is 0 Å². The second-order valence-electron chi connectivity index (χ2n) is 4.66. The molecule has 2 unspecified atom stereocenters. The van der Waals surface area contributed by atoms with Gasteiger partial charge in [0.2, 0.25) is 0 Å². The molecule has 0 radical (unpaired) electrons. The zero-order valence-corrected chi connectivity index (χ0v) is 8.34. The van der Waals surface area contributed by atoms with Crippen LogP contribution < -0.4 is 0 Å². The molecule has 2 aliphatic rings. The Morgan fingerprint density at radius 3 is 2.67 bits per heavy atom. The molecule has 0 aromatic carbocycles. The van der Waals surface area contributed by atoms with Gasteiger partial charge in [0.05, 0.1) is 12.7 Å². The van der Waals surface area contributed by atoms with Gasteiger partial charge in [0.15, 0.2) is 0 Å². The fraction of sp³-hybridized carbons (Fsp3) is 1.00. The van der Waals surface area contributed by atoms with Gasteiger partial charge in [-0.15, -0.1) is 0 Å². The molecule has 2 atom stereocenters. The van der Waals surface area contributed by atoms with Crippen molar-refractivity contribution in [3.05, 3.63) is 0 Å². The van der Waals surface area contributed by atoms with E-state index in [4.69, 9.17) is 4.74 Å². The Morgan fingerprint density at radius 1 is 1.50 bits per heavy atom. The number of nitrogens with zero attached hydrogens (tertiary/aromatic N) is 1. The fourth-order valence-electron chi connectivity index (χ4n) is 2.34. The molecule has 0 aromatic heterocycles. The third-order valence-electron chi connectivity index (χ3n) is 3.54. The summed E-state index contributed by atoms with van der Waals surface area (Å²) in [4.78, 5) is 2.63. The number of rotatable bonds is 2. The minimum atomic E-state index is 0.378. The zero-order valence-electron chi connectivity index (χ0n) is 8.34. The van der Waals surface area contributed by atoms with E-state index in [1.54, 1.807) is 0 Å². The summed E-state index contributed by atoms with van der Waals surface area (Å²) in [5, 5.41) is 0. The lowest BCUT2D eigenvalue weighted by Gasteiger charge is -2.40. The summed E-state index contributed by atoms with van der Waals surface area (Å²) < 4.78 is 5.58. The summed E-state index contributed by atoms with van der Waals surface area (Å²) in [6.07, 6.45) is 3.04. The van der Waals surface area contributed by atoms with Gasteiger partial charge in [-0.3, -0.25) is 4.90 Å². The number of hydrogen-bond donors (Lipinski definition) is 0. The average Bonchev–Trinajstić information content (AvgIpc) is 2.64. The van der Waals surface area contributed by atoms with Crippen LogP contribution in [-0.4, -0.2) is 35.7 Å². The third kappa shape index (κ3) is 1.17. The standard InChI is InChI=1S/C10H19NO/c1-4-10(2,3)11-6-9-5-8(11)7-12-9/h8-9H,4-7H2,1-3H3. The van der Waals surface area contributed by atoms with Gasteiger partial charge in [-0.05, 0) is 26.7 Å². The Bertz CT molecular complexity index is 179. The predicted octanol–water partition coefficient (Wildman–Crippen LogP) is 1.65. The largest absolute Gasteiger partial charge is 0.375 e. The van der Waals surface area contributed by atoms with Crippen molar-refractivity contribution in [1.82, 2.24) is 4.90 Å². The second-order valence-corrected chi connectivity index (χ2v) is 4.66. The molecular weight excluding hydrogens is 150 g/mol. The minimum absolute atomic E-state index is 0.378. The van der Waals surface area contributed by atoms with Gasteiger partial charge >= 0.3 is 0 Å². The van der Waals surface area contributed by atoms with Crippen molar-refractivity contribution in [2.24, 2.45) is 0 Å². The summed E-state index contributed by atoms with van der Waals surface area (Å²) in [6, 6.07) is 0.713. The number of fused-ring (bicyclic) bond motifs is 2. The molecule has 2 nitrogen and oxygen atoms in total. The summed E-state index contributed by atoms with van der Waals surface area (Å²) in [5.74, 6) is 0. The fourth-order valence-corrected chi connectivity index (χ4v) is 2.34. The maximum atomic E-state index is 5.58. The Hall–Kier alpha value is -0.0800. The lowest BCUT2D eigenvalue weighted by atomic mass is 9.98. The molecule has 2 fully saturated rings. The molecule has 2 rings (SSSR count). The maximum absolute atomic E-state index is 5.58. The van der Waals surface area contributed by atoms with Crippen molar-refractivity contribution in [3.8, 4) is 0 Å². The van der Waals surface area contributed by atoms with E-state index in [0.29, 0.717) is 17.7 Å². The molecule has 2 bridgehead atoms. The van der Waals surface area contributed by atoms with Crippen LogP contribution in [0.15, 0.2) is 0 Å². The summed E-state index contributed by atoms with van der Waals surface area (Å²) in [7, 11) is 0. The van der Waals surface area contributed by atoms with Gasteiger partial charge in [0, 0.05) is 18.1 Å². The molecule has 2 aliphatic heterocycles. The Morgan fingerprint density at radius 2 is 2.25 bits per heavy atom. The lowest BCUT2D eigenvalue weighted by molar-refractivity contribution is -0.0150. The van der Waals surface area contributed by atoms with Gasteiger partial charge in [0.1, 0.15) is 0 Å². The van der Waals surface area contributed by atoms with Crippen LogP contribution >= 0.6 is 0 Å². The van der Waals surface area contributed by atoms with Gasteiger partial charge in [-0.25, -0.2) is 0 Å². The van der Waals surface area contributed by atoms with Crippen LogP contribution in [0.2, 0.25) is 0 Å². The van der Waals surface area contributed by atoms with Gasteiger partial charge in [0.25, 0.3) is 0 Å². The van der Waals surface area contributed by atoms with Crippen LogP contribution in [0.3, 0.4) is 0 Å². The zero-order chi connectivity index (χ0) is 8.77. The van der Waals surface area contributed by atoms with E-state index in [0.717, 1.165) is 13.2 Å². The van der Waals surface area contributed by atoms with Crippen molar-refractivity contribution in [2.45, 2.75) is 51.3 Å². The average molecular weight is 169 g/mol.